The van der Waals surface area contributed by atoms with Gasteiger partial charge in [-0.25, -0.2) is 13.1 Å². The third-order valence-corrected chi connectivity index (χ3v) is 7.29. The fourth-order valence-corrected chi connectivity index (χ4v) is 5.37. The van der Waals surface area contributed by atoms with E-state index in [1.54, 1.807) is 0 Å². The van der Waals surface area contributed by atoms with Crippen LogP contribution in [0.5, 0.6) is 0 Å². The molecule has 0 amide bonds. The second-order valence-electron chi connectivity index (χ2n) is 7.00. The van der Waals surface area contributed by atoms with Crippen molar-refractivity contribution in [3.05, 3.63) is 28.8 Å². The highest BCUT2D eigenvalue weighted by atomic mass is 32.2. The predicted molar refractivity (Wildman–Crippen MR) is 99.6 cm³/mol. The molecule has 0 saturated carbocycles. The summed E-state index contributed by atoms with van der Waals surface area (Å²) >= 11 is 0. The number of aryl methyl sites for hydroxylation is 3. The van der Waals surface area contributed by atoms with Gasteiger partial charge < -0.3 is 0 Å². The molecule has 11 heteroatoms. The zero-order chi connectivity index (χ0) is 20.6. The van der Waals surface area contributed by atoms with Gasteiger partial charge in [0.2, 0.25) is 10.0 Å². The minimum Gasteiger partial charge on any atom is -0.296 e. The summed E-state index contributed by atoms with van der Waals surface area (Å²) in [7, 11) is -3.87. The van der Waals surface area contributed by atoms with Crippen molar-refractivity contribution >= 4 is 10.0 Å². The molecule has 1 saturated heterocycles. The Hall–Kier alpha value is -1.85. The van der Waals surface area contributed by atoms with Gasteiger partial charge in [0.15, 0.2) is 0 Å². The van der Waals surface area contributed by atoms with E-state index in [9.17, 15) is 17.2 Å². The van der Waals surface area contributed by atoms with Gasteiger partial charge in [-0.15, -0.1) is 0 Å². The van der Waals surface area contributed by atoms with E-state index in [0.29, 0.717) is 37.4 Å². The molecule has 1 fully saturated rings. The van der Waals surface area contributed by atoms with E-state index in [1.165, 1.54) is 18.2 Å². The third kappa shape index (κ3) is 3.83. The minimum atomic E-state index is -3.87. The molecule has 0 bridgehead atoms. The first-order chi connectivity index (χ1) is 13.1. The van der Waals surface area contributed by atoms with E-state index in [1.807, 2.05) is 24.7 Å². The van der Waals surface area contributed by atoms with Gasteiger partial charge in [0.25, 0.3) is 0 Å². The molecule has 28 heavy (non-hydrogen) atoms. The molecule has 1 aliphatic heterocycles. The summed E-state index contributed by atoms with van der Waals surface area (Å²) in [5, 5.41) is 8.14. The van der Waals surface area contributed by atoms with Crippen molar-refractivity contribution in [2.24, 2.45) is 0 Å². The lowest BCUT2D eigenvalue weighted by Crippen LogP contribution is -2.48. The summed E-state index contributed by atoms with van der Waals surface area (Å²) in [5.74, 6) is 0. The SMILES string of the molecule is CCn1cc(CN2CCN(S(=O)(=O)c3c(C)nn(C(F)F)c3C)CC2)c(C)n1. The van der Waals surface area contributed by atoms with Crippen LogP contribution in [0.2, 0.25) is 0 Å². The van der Waals surface area contributed by atoms with E-state index < -0.39 is 16.6 Å². The summed E-state index contributed by atoms with van der Waals surface area (Å²) in [6, 6.07) is 0. The lowest BCUT2D eigenvalue weighted by molar-refractivity contribution is 0.0538. The van der Waals surface area contributed by atoms with Gasteiger partial charge in [-0.2, -0.15) is 23.3 Å². The van der Waals surface area contributed by atoms with Crippen molar-refractivity contribution in [3.63, 3.8) is 0 Å². The highest BCUT2D eigenvalue weighted by Gasteiger charge is 2.34. The van der Waals surface area contributed by atoms with Crippen LogP contribution in [0, 0.1) is 20.8 Å². The molecule has 1 aliphatic rings. The predicted octanol–water partition coefficient (Wildman–Crippen LogP) is 1.93. The maximum Gasteiger partial charge on any atom is 0.333 e. The Morgan fingerprint density at radius 1 is 1.07 bits per heavy atom. The molecule has 0 spiro atoms. The average molecular weight is 416 g/mol. The number of halogens is 2. The Balaban J connectivity index is 1.71. The Morgan fingerprint density at radius 3 is 2.21 bits per heavy atom. The van der Waals surface area contributed by atoms with E-state index in [0.717, 1.165) is 17.8 Å². The quantitative estimate of drug-likeness (QED) is 0.719. The first-order valence-corrected chi connectivity index (χ1v) is 10.7. The summed E-state index contributed by atoms with van der Waals surface area (Å²) in [4.78, 5) is 2.07. The van der Waals surface area contributed by atoms with Crippen molar-refractivity contribution in [1.29, 1.82) is 0 Å². The molecule has 2 aromatic heterocycles. The van der Waals surface area contributed by atoms with Gasteiger partial charge in [0.1, 0.15) is 4.90 Å². The zero-order valence-corrected chi connectivity index (χ0v) is 17.4. The van der Waals surface area contributed by atoms with Crippen molar-refractivity contribution in [3.8, 4) is 0 Å². The summed E-state index contributed by atoms with van der Waals surface area (Å²) in [5.41, 5.74) is 2.17. The van der Waals surface area contributed by atoms with Crippen LogP contribution in [0.15, 0.2) is 11.1 Å². The maximum absolute atomic E-state index is 13.0. The maximum atomic E-state index is 13.0. The molecule has 0 N–H and O–H groups in total. The topological polar surface area (TPSA) is 76.3 Å². The number of hydrogen-bond acceptors (Lipinski definition) is 5. The molecule has 0 radical (unpaired) electrons. The second kappa shape index (κ2) is 7.88. The molecule has 156 valence electrons. The Bertz CT molecular complexity index is 945. The largest absolute Gasteiger partial charge is 0.333 e. The molecule has 0 aromatic carbocycles. The highest BCUT2D eigenvalue weighted by Crippen LogP contribution is 2.27. The molecule has 0 unspecified atom stereocenters. The van der Waals surface area contributed by atoms with Crippen LogP contribution in [0.25, 0.3) is 0 Å². The van der Waals surface area contributed by atoms with E-state index in [2.05, 4.69) is 15.1 Å². The van der Waals surface area contributed by atoms with Crippen LogP contribution < -0.4 is 0 Å². The van der Waals surface area contributed by atoms with Crippen LogP contribution >= 0.6 is 0 Å². The van der Waals surface area contributed by atoms with E-state index in [4.69, 9.17) is 0 Å². The molecule has 0 aliphatic carbocycles. The lowest BCUT2D eigenvalue weighted by Gasteiger charge is -2.33. The third-order valence-electron chi connectivity index (χ3n) is 5.14. The highest BCUT2D eigenvalue weighted by molar-refractivity contribution is 7.89. The van der Waals surface area contributed by atoms with Crippen molar-refractivity contribution in [2.75, 3.05) is 26.2 Å². The van der Waals surface area contributed by atoms with Crippen LogP contribution in [-0.4, -0.2) is 63.4 Å². The van der Waals surface area contributed by atoms with Gasteiger partial charge in [-0.05, 0) is 27.7 Å². The molecular formula is C17H26F2N6O2S. The van der Waals surface area contributed by atoms with Crippen LogP contribution in [0.4, 0.5) is 8.78 Å². The monoisotopic (exact) mass is 416 g/mol. The minimum absolute atomic E-state index is 0.0301. The van der Waals surface area contributed by atoms with Gasteiger partial charge in [-0.1, -0.05) is 0 Å². The standard InChI is InChI=1S/C17H26F2N6O2S/c1-5-23-11-15(12(2)20-23)10-22-6-8-24(9-7-22)28(26,27)16-13(3)21-25(14(16)4)17(18)19/h11,17H,5-10H2,1-4H3. The number of aromatic nitrogens is 4. The fourth-order valence-electron chi connectivity index (χ4n) is 3.59. The average Bonchev–Trinajstić information content (AvgIpc) is 3.14. The second-order valence-corrected chi connectivity index (χ2v) is 8.87. The van der Waals surface area contributed by atoms with Crippen molar-refractivity contribution < 1.29 is 17.2 Å². The van der Waals surface area contributed by atoms with E-state index in [-0.39, 0.29) is 16.3 Å². The van der Waals surface area contributed by atoms with Crippen molar-refractivity contribution in [2.45, 2.75) is 52.2 Å². The Labute approximate surface area is 163 Å². The normalized spacial score (nSPS) is 17.0. The molecule has 0 atom stereocenters. The summed E-state index contributed by atoms with van der Waals surface area (Å²) in [6.07, 6.45) is 2.02. The van der Waals surface area contributed by atoms with Crippen LogP contribution in [-0.2, 0) is 23.1 Å². The summed E-state index contributed by atoms with van der Waals surface area (Å²) < 4.78 is 55.9. The number of piperazine rings is 1. The molecule has 3 heterocycles. The Morgan fingerprint density at radius 2 is 1.71 bits per heavy atom. The van der Waals surface area contributed by atoms with Gasteiger partial charge in [0.05, 0.1) is 17.1 Å². The van der Waals surface area contributed by atoms with Crippen LogP contribution in [0.1, 0.15) is 36.1 Å². The summed E-state index contributed by atoms with van der Waals surface area (Å²) in [6.45, 7) is 7.20. The molecule has 2 aromatic rings. The number of alkyl halides is 2. The van der Waals surface area contributed by atoms with Gasteiger partial charge in [0, 0.05) is 51.0 Å². The molecular weight excluding hydrogens is 390 g/mol. The van der Waals surface area contributed by atoms with E-state index >= 15 is 0 Å². The van der Waals surface area contributed by atoms with Gasteiger partial charge >= 0.3 is 6.55 Å². The number of hydrogen-bond donors (Lipinski definition) is 0. The first kappa shape index (κ1) is 20.9. The van der Waals surface area contributed by atoms with Crippen LogP contribution in [0.3, 0.4) is 0 Å². The molecule has 8 nitrogen and oxygen atoms in total. The molecule has 3 rings (SSSR count). The fraction of sp³-hybridized carbons (Fsp3) is 0.647. The van der Waals surface area contributed by atoms with Gasteiger partial charge in [-0.3, -0.25) is 9.58 Å². The lowest BCUT2D eigenvalue weighted by atomic mass is 10.2. The zero-order valence-electron chi connectivity index (χ0n) is 16.6. The number of sulfonamides is 1. The number of rotatable bonds is 6. The first-order valence-electron chi connectivity index (χ1n) is 9.24. The Kier molecular flexibility index (Phi) is 5.87. The van der Waals surface area contributed by atoms with Crippen molar-refractivity contribution in [1.82, 2.24) is 28.8 Å². The number of nitrogens with zero attached hydrogens (tertiary/aromatic N) is 6. The smallest absolute Gasteiger partial charge is 0.296 e.